The fraction of sp³-hybridized carbons (Fsp3) is 0.367. The van der Waals surface area contributed by atoms with Gasteiger partial charge in [0.05, 0.1) is 12.6 Å². The molecule has 0 bridgehead atoms. The summed E-state index contributed by atoms with van der Waals surface area (Å²) in [4.78, 5) is 13.8. The number of alkyl carbamates (subject to hydrolysis) is 1. The molecular weight excluding hydrogens is 496 g/mol. The molecule has 0 aliphatic carbocycles. The molecule has 0 aliphatic heterocycles. The lowest BCUT2D eigenvalue weighted by atomic mass is 10.2. The van der Waals surface area contributed by atoms with Crippen LogP contribution in [0.15, 0.2) is 89.8 Å². The highest BCUT2D eigenvalue weighted by Gasteiger charge is 2.50. The summed E-state index contributed by atoms with van der Waals surface area (Å²) in [6, 6.07) is 28.5. The highest BCUT2D eigenvalue weighted by molar-refractivity contribution is 7.99. The second-order valence-electron chi connectivity index (χ2n) is 11.2. The van der Waals surface area contributed by atoms with Gasteiger partial charge in [-0.1, -0.05) is 93.6 Å². The van der Waals surface area contributed by atoms with Crippen molar-refractivity contribution in [3.63, 3.8) is 0 Å². The van der Waals surface area contributed by atoms with Gasteiger partial charge in [0.2, 0.25) is 0 Å². The smallest absolute Gasteiger partial charge is 0.407 e. The molecule has 3 rings (SSSR count). The quantitative estimate of drug-likeness (QED) is 0.204. The molecule has 0 saturated heterocycles. The molecule has 198 valence electrons. The van der Waals surface area contributed by atoms with E-state index in [1.165, 1.54) is 10.4 Å². The summed E-state index contributed by atoms with van der Waals surface area (Å²) in [6.07, 6.45) is -0.454. The number of hydrogen-bond acceptors (Lipinski definition) is 5. The number of rotatable bonds is 9. The van der Waals surface area contributed by atoms with E-state index in [4.69, 9.17) is 14.9 Å². The number of carbonyl (C=O) groups excluding carboxylic acids is 1. The normalized spacial score (nSPS) is 13.1. The molecule has 37 heavy (non-hydrogen) atoms. The molecule has 5 nitrogen and oxygen atoms in total. The average molecular weight is 537 g/mol. The summed E-state index contributed by atoms with van der Waals surface area (Å²) in [7, 11) is -2.76. The van der Waals surface area contributed by atoms with Crippen molar-refractivity contribution in [1.29, 1.82) is 0 Å². The van der Waals surface area contributed by atoms with Gasteiger partial charge in [0.15, 0.2) is 0 Å². The zero-order valence-electron chi connectivity index (χ0n) is 22.8. The molecule has 7 heteroatoms. The predicted octanol–water partition coefficient (Wildman–Crippen LogP) is 5.83. The Bertz CT molecular complexity index is 1110. The molecule has 0 radical (unpaired) electrons. The summed E-state index contributed by atoms with van der Waals surface area (Å²) < 4.78 is 12.7. The molecule has 3 aromatic carbocycles. The van der Waals surface area contributed by atoms with E-state index in [9.17, 15) is 4.79 Å². The van der Waals surface area contributed by atoms with E-state index >= 15 is 0 Å². The third-order valence-electron chi connectivity index (χ3n) is 6.00. The van der Waals surface area contributed by atoms with Gasteiger partial charge in [-0.05, 0) is 48.3 Å². The van der Waals surface area contributed by atoms with Crippen molar-refractivity contribution in [1.82, 2.24) is 5.32 Å². The van der Waals surface area contributed by atoms with Crippen LogP contribution in [0.4, 0.5) is 10.5 Å². The van der Waals surface area contributed by atoms with Crippen LogP contribution in [0.25, 0.3) is 0 Å². The van der Waals surface area contributed by atoms with Crippen LogP contribution < -0.4 is 21.4 Å². The lowest BCUT2D eigenvalue weighted by Gasteiger charge is -2.43. The molecule has 1 amide bonds. The molecular formula is C30H40N2O3SSi. The fourth-order valence-corrected chi connectivity index (χ4v) is 9.97. The number of anilines is 1. The summed E-state index contributed by atoms with van der Waals surface area (Å²) in [5.74, 6) is 0.589. The number of carbonyl (C=O) groups is 1. The molecule has 0 fully saturated rings. The number of ether oxygens (including phenoxy) is 1. The Kier molecular flexibility index (Phi) is 9.50. The second-order valence-corrected chi connectivity index (χ2v) is 16.5. The van der Waals surface area contributed by atoms with Crippen LogP contribution in [-0.4, -0.2) is 38.4 Å². The van der Waals surface area contributed by atoms with Crippen molar-refractivity contribution < 1.29 is 14.0 Å². The second kappa shape index (κ2) is 12.2. The van der Waals surface area contributed by atoms with Crippen molar-refractivity contribution in [3.05, 3.63) is 84.9 Å². The van der Waals surface area contributed by atoms with Crippen molar-refractivity contribution in [3.8, 4) is 0 Å². The molecule has 3 N–H and O–H groups in total. The van der Waals surface area contributed by atoms with E-state index in [0.29, 0.717) is 12.4 Å². The topological polar surface area (TPSA) is 73.6 Å². The van der Waals surface area contributed by atoms with Crippen LogP contribution in [0.5, 0.6) is 0 Å². The van der Waals surface area contributed by atoms with Crippen molar-refractivity contribution in [2.24, 2.45) is 0 Å². The minimum Gasteiger partial charge on any atom is -0.444 e. The largest absolute Gasteiger partial charge is 0.444 e. The van der Waals surface area contributed by atoms with Crippen LogP contribution in [0, 0.1) is 0 Å². The molecule has 0 saturated carbocycles. The Morgan fingerprint density at radius 2 is 1.38 bits per heavy atom. The van der Waals surface area contributed by atoms with Gasteiger partial charge in [0.1, 0.15) is 5.60 Å². The Hall–Kier alpha value is -2.74. The monoisotopic (exact) mass is 536 g/mol. The number of benzene rings is 3. The Morgan fingerprint density at radius 1 is 0.865 bits per heavy atom. The molecule has 0 unspecified atom stereocenters. The van der Waals surface area contributed by atoms with E-state index in [-0.39, 0.29) is 11.1 Å². The molecule has 0 aliphatic rings. The number of amides is 1. The Labute approximate surface area is 227 Å². The number of nitrogens with one attached hydrogen (secondary N) is 1. The van der Waals surface area contributed by atoms with Gasteiger partial charge in [-0.15, -0.1) is 11.8 Å². The summed E-state index contributed by atoms with van der Waals surface area (Å²) in [6.45, 7) is 12.7. The van der Waals surface area contributed by atoms with Gasteiger partial charge in [0, 0.05) is 16.3 Å². The number of nitrogen functional groups attached to an aromatic ring is 1. The molecule has 1 atom stereocenters. The molecule has 0 heterocycles. The van der Waals surface area contributed by atoms with Crippen molar-refractivity contribution in [2.75, 3.05) is 18.1 Å². The van der Waals surface area contributed by atoms with Crippen molar-refractivity contribution in [2.45, 2.75) is 63.1 Å². The maximum absolute atomic E-state index is 12.8. The number of thioether (sulfide) groups is 1. The third kappa shape index (κ3) is 7.63. The lowest BCUT2D eigenvalue weighted by molar-refractivity contribution is 0.0494. The van der Waals surface area contributed by atoms with Gasteiger partial charge in [-0.3, -0.25) is 0 Å². The van der Waals surface area contributed by atoms with Crippen LogP contribution in [-0.2, 0) is 9.16 Å². The van der Waals surface area contributed by atoms with Crippen molar-refractivity contribution >= 4 is 42.2 Å². The first-order chi connectivity index (χ1) is 17.4. The van der Waals surface area contributed by atoms with Crippen LogP contribution >= 0.6 is 11.8 Å². The predicted molar refractivity (Wildman–Crippen MR) is 158 cm³/mol. The van der Waals surface area contributed by atoms with Crippen LogP contribution in [0.1, 0.15) is 41.5 Å². The van der Waals surface area contributed by atoms with Crippen LogP contribution in [0.2, 0.25) is 5.04 Å². The Morgan fingerprint density at radius 3 is 1.86 bits per heavy atom. The van der Waals surface area contributed by atoms with E-state index in [0.717, 1.165) is 10.6 Å². The molecule has 0 spiro atoms. The van der Waals surface area contributed by atoms with E-state index in [2.05, 4.69) is 74.6 Å². The average Bonchev–Trinajstić information content (AvgIpc) is 2.83. The van der Waals surface area contributed by atoms with Gasteiger partial charge in [0.25, 0.3) is 8.32 Å². The molecule has 3 aromatic rings. The SMILES string of the molecule is CC(C)(C)OC(=O)N[C@H](CO[Si](c1ccccc1)(c1ccccc1)C(C)(C)C)CSc1ccccc1N. The fourth-order valence-electron chi connectivity index (χ4n) is 4.40. The van der Waals surface area contributed by atoms with Gasteiger partial charge >= 0.3 is 6.09 Å². The summed E-state index contributed by atoms with van der Waals surface area (Å²) >= 11 is 1.60. The van der Waals surface area contributed by atoms with E-state index in [1.807, 2.05) is 57.2 Å². The van der Waals surface area contributed by atoms with Crippen LogP contribution in [0.3, 0.4) is 0 Å². The van der Waals surface area contributed by atoms with E-state index in [1.54, 1.807) is 11.8 Å². The Balaban J connectivity index is 1.95. The number of hydrogen-bond donors (Lipinski definition) is 2. The minimum absolute atomic E-state index is 0.164. The maximum atomic E-state index is 12.8. The standard InChI is InChI=1S/C30H40N2O3SSi/c1-29(2,3)35-28(33)32-23(22-36-27-20-14-13-19-26(27)31)21-34-37(30(4,5)6,24-15-9-7-10-16-24)25-17-11-8-12-18-25/h7-20,23H,21-22,31H2,1-6H3,(H,32,33)/t23-/m1/s1. The zero-order chi connectivity index (χ0) is 27.1. The first-order valence-electron chi connectivity index (χ1n) is 12.6. The first kappa shape index (κ1) is 28.8. The summed E-state index contributed by atoms with van der Waals surface area (Å²) in [5.41, 5.74) is 6.31. The van der Waals surface area contributed by atoms with Gasteiger partial charge in [-0.25, -0.2) is 4.79 Å². The third-order valence-corrected chi connectivity index (χ3v) is 12.3. The highest BCUT2D eigenvalue weighted by atomic mass is 32.2. The number of nitrogens with two attached hydrogens (primary N) is 1. The highest BCUT2D eigenvalue weighted by Crippen LogP contribution is 2.37. The maximum Gasteiger partial charge on any atom is 0.407 e. The first-order valence-corrected chi connectivity index (χ1v) is 15.5. The van der Waals surface area contributed by atoms with Gasteiger partial charge in [-0.2, -0.15) is 0 Å². The number of para-hydroxylation sites is 1. The zero-order valence-corrected chi connectivity index (χ0v) is 24.6. The lowest BCUT2D eigenvalue weighted by Crippen LogP contribution is -2.67. The minimum atomic E-state index is -2.76. The van der Waals surface area contributed by atoms with Gasteiger partial charge < -0.3 is 20.2 Å². The summed E-state index contributed by atoms with van der Waals surface area (Å²) in [5, 5.41) is 5.30. The molecule has 0 aromatic heterocycles. The van der Waals surface area contributed by atoms with E-state index < -0.39 is 20.0 Å².